The number of hydrogen-bond donors (Lipinski definition) is 9. The van der Waals surface area contributed by atoms with Gasteiger partial charge in [0, 0.05) is 13.8 Å². The van der Waals surface area contributed by atoms with Crippen LogP contribution in [0.1, 0.15) is 13.8 Å². The van der Waals surface area contributed by atoms with Crippen LogP contribution >= 0.6 is 0 Å². The fraction of sp³-hybridized carbons (Fsp3) is 0.875. The second-order valence-electron chi connectivity index (χ2n) is 7.17. The second-order valence-corrected chi connectivity index (χ2v) is 7.17. The highest BCUT2D eigenvalue weighted by molar-refractivity contribution is 5.74. The number of hydrogen-bond acceptors (Lipinski definition) is 12. The third-order valence-electron chi connectivity index (χ3n) is 4.94. The minimum absolute atomic E-state index is 0.637. The molecule has 0 spiro atoms. The Kier molecular flexibility index (Phi) is 8.09. The maximum atomic E-state index is 11.8. The van der Waals surface area contributed by atoms with Crippen molar-refractivity contribution in [3.05, 3.63) is 0 Å². The standard InChI is InChI=1S/C16H28N2O12/c1-5(21)17-9-11(24)12(8(4-20)28-14(9)26)30-16(18-6(2)22)13(25)10(23)7(3-19)29-15(16)27/h7-15,19-20,23-27H,3-4H2,1-2H3,(H,17,21)(H,18,22)/t7-,8-,9-,10-,11-,12-,13+,14-,15-,16+/m1/s1. The Balaban J connectivity index is 2.42. The average Bonchev–Trinajstić information content (AvgIpc) is 2.67. The van der Waals surface area contributed by atoms with Crippen LogP contribution in [-0.2, 0) is 23.8 Å². The van der Waals surface area contributed by atoms with Crippen molar-refractivity contribution in [1.82, 2.24) is 10.6 Å². The zero-order valence-electron chi connectivity index (χ0n) is 16.3. The van der Waals surface area contributed by atoms with Gasteiger partial charge in [-0.05, 0) is 0 Å². The van der Waals surface area contributed by atoms with Crippen LogP contribution in [-0.4, -0.2) is 122 Å². The van der Waals surface area contributed by atoms with Gasteiger partial charge in [-0.3, -0.25) is 9.59 Å². The minimum Gasteiger partial charge on any atom is -0.394 e. The van der Waals surface area contributed by atoms with Crippen LogP contribution in [0, 0.1) is 0 Å². The monoisotopic (exact) mass is 440 g/mol. The van der Waals surface area contributed by atoms with Gasteiger partial charge in [0.1, 0.15) is 42.7 Å². The molecule has 2 aliphatic heterocycles. The number of ether oxygens (including phenoxy) is 3. The first-order valence-corrected chi connectivity index (χ1v) is 9.15. The number of carbonyl (C=O) groups is 2. The van der Waals surface area contributed by atoms with E-state index in [1.54, 1.807) is 0 Å². The van der Waals surface area contributed by atoms with Crippen LogP contribution in [0.15, 0.2) is 0 Å². The number of nitrogens with one attached hydrogen (secondary N) is 2. The molecular formula is C16H28N2O12. The molecule has 2 rings (SSSR count). The van der Waals surface area contributed by atoms with Crippen LogP contribution < -0.4 is 10.6 Å². The fourth-order valence-corrected chi connectivity index (χ4v) is 3.51. The number of rotatable bonds is 6. The van der Waals surface area contributed by atoms with Crippen LogP contribution in [0.25, 0.3) is 0 Å². The summed E-state index contributed by atoms with van der Waals surface area (Å²) >= 11 is 0. The maximum absolute atomic E-state index is 11.8. The highest BCUT2D eigenvalue weighted by Crippen LogP contribution is 2.34. The van der Waals surface area contributed by atoms with Gasteiger partial charge in [0.2, 0.25) is 23.8 Å². The van der Waals surface area contributed by atoms with Crippen LogP contribution in [0.4, 0.5) is 0 Å². The predicted octanol–water partition coefficient (Wildman–Crippen LogP) is -5.79. The van der Waals surface area contributed by atoms with E-state index in [4.69, 9.17) is 14.2 Å². The van der Waals surface area contributed by atoms with Crippen molar-refractivity contribution < 1.29 is 59.5 Å². The summed E-state index contributed by atoms with van der Waals surface area (Å²) in [5.41, 5.74) is -2.57. The Morgan fingerprint density at radius 1 is 0.933 bits per heavy atom. The molecule has 0 aromatic rings. The first-order chi connectivity index (χ1) is 14.0. The van der Waals surface area contributed by atoms with E-state index in [1.807, 2.05) is 0 Å². The summed E-state index contributed by atoms with van der Waals surface area (Å²) in [7, 11) is 0. The summed E-state index contributed by atoms with van der Waals surface area (Å²) in [5.74, 6) is -1.47. The van der Waals surface area contributed by atoms with E-state index in [1.165, 1.54) is 0 Å². The lowest BCUT2D eigenvalue weighted by Crippen LogP contribution is -2.77. The zero-order valence-corrected chi connectivity index (χ0v) is 16.3. The van der Waals surface area contributed by atoms with Crippen molar-refractivity contribution in [2.45, 2.75) is 74.8 Å². The van der Waals surface area contributed by atoms with Crippen molar-refractivity contribution in [1.29, 1.82) is 0 Å². The molecule has 2 fully saturated rings. The fourth-order valence-electron chi connectivity index (χ4n) is 3.51. The van der Waals surface area contributed by atoms with E-state index in [0.717, 1.165) is 13.8 Å². The van der Waals surface area contributed by atoms with E-state index in [2.05, 4.69) is 10.6 Å². The molecule has 0 radical (unpaired) electrons. The third-order valence-corrected chi connectivity index (χ3v) is 4.94. The predicted molar refractivity (Wildman–Crippen MR) is 93.0 cm³/mol. The van der Waals surface area contributed by atoms with Crippen molar-refractivity contribution in [3.63, 3.8) is 0 Å². The van der Waals surface area contributed by atoms with Gasteiger partial charge in [0.25, 0.3) is 0 Å². The molecule has 10 atom stereocenters. The largest absolute Gasteiger partial charge is 0.394 e. The molecule has 0 aromatic heterocycles. The van der Waals surface area contributed by atoms with E-state index in [0.29, 0.717) is 0 Å². The van der Waals surface area contributed by atoms with Crippen LogP contribution in [0.2, 0.25) is 0 Å². The lowest BCUT2D eigenvalue weighted by Gasteiger charge is -2.52. The SMILES string of the molecule is CC(=O)N[C@@H]1[C@@H](O)[C@H](O[C@]2(NC(C)=O)[C@H](O)O[C@H](CO)[C@@H](O)[C@@H]2O)[C@@H](CO)O[C@H]1O. The van der Waals surface area contributed by atoms with Crippen molar-refractivity contribution in [3.8, 4) is 0 Å². The molecule has 2 amide bonds. The first-order valence-electron chi connectivity index (χ1n) is 9.15. The van der Waals surface area contributed by atoms with E-state index >= 15 is 0 Å². The smallest absolute Gasteiger partial charge is 0.222 e. The van der Waals surface area contributed by atoms with Crippen LogP contribution in [0.5, 0.6) is 0 Å². The molecule has 0 aromatic carbocycles. The Labute approximate surface area is 171 Å². The molecule has 0 saturated carbocycles. The third kappa shape index (κ3) is 4.72. The first kappa shape index (κ1) is 24.8. The Hall–Kier alpha value is -1.46. The summed E-state index contributed by atoms with van der Waals surface area (Å²) in [4.78, 5) is 23.1. The molecule has 0 aliphatic carbocycles. The number of aliphatic hydroxyl groups excluding tert-OH is 7. The Morgan fingerprint density at radius 2 is 1.53 bits per heavy atom. The van der Waals surface area contributed by atoms with Crippen molar-refractivity contribution in [2.24, 2.45) is 0 Å². The molecule has 0 bridgehead atoms. The summed E-state index contributed by atoms with van der Waals surface area (Å²) in [6.07, 6.45) is -14.0. The molecule has 2 aliphatic rings. The topological polar surface area (TPSA) is 227 Å². The number of amides is 2. The molecule has 30 heavy (non-hydrogen) atoms. The number of aliphatic hydroxyl groups is 7. The van der Waals surface area contributed by atoms with Gasteiger partial charge in [-0.25, -0.2) is 0 Å². The van der Waals surface area contributed by atoms with Gasteiger partial charge in [-0.2, -0.15) is 0 Å². The normalized spacial score (nSPS) is 44.4. The molecular weight excluding hydrogens is 412 g/mol. The van der Waals surface area contributed by atoms with E-state index < -0.39 is 86.0 Å². The molecule has 9 N–H and O–H groups in total. The molecule has 14 nitrogen and oxygen atoms in total. The van der Waals surface area contributed by atoms with Crippen LogP contribution in [0.3, 0.4) is 0 Å². The summed E-state index contributed by atoms with van der Waals surface area (Å²) in [6.45, 7) is 0.531. The summed E-state index contributed by atoms with van der Waals surface area (Å²) < 4.78 is 15.8. The molecule has 2 saturated heterocycles. The summed E-state index contributed by atoms with van der Waals surface area (Å²) in [6, 6.07) is -1.43. The van der Waals surface area contributed by atoms with Gasteiger partial charge in [-0.15, -0.1) is 0 Å². The number of carbonyl (C=O) groups excluding carboxylic acids is 2. The second kappa shape index (κ2) is 9.78. The zero-order chi connectivity index (χ0) is 22.8. The molecule has 0 unspecified atom stereocenters. The van der Waals surface area contributed by atoms with Gasteiger partial charge in [0.05, 0.1) is 13.2 Å². The van der Waals surface area contributed by atoms with Gasteiger partial charge in [0.15, 0.2) is 6.29 Å². The van der Waals surface area contributed by atoms with Gasteiger partial charge in [-0.1, -0.05) is 0 Å². The molecule has 14 heteroatoms. The highest BCUT2D eigenvalue weighted by Gasteiger charge is 2.60. The lowest BCUT2D eigenvalue weighted by atomic mass is 9.91. The van der Waals surface area contributed by atoms with E-state index in [-0.39, 0.29) is 0 Å². The highest BCUT2D eigenvalue weighted by atomic mass is 16.7. The molecule has 2 heterocycles. The van der Waals surface area contributed by atoms with Crippen molar-refractivity contribution >= 4 is 11.8 Å². The average molecular weight is 440 g/mol. The lowest BCUT2D eigenvalue weighted by molar-refractivity contribution is -0.377. The Bertz CT molecular complexity index is 623. The minimum atomic E-state index is -2.57. The Morgan fingerprint density at radius 3 is 2.03 bits per heavy atom. The summed E-state index contributed by atoms with van der Waals surface area (Å²) in [5, 5.41) is 75.1. The van der Waals surface area contributed by atoms with E-state index in [9.17, 15) is 45.3 Å². The van der Waals surface area contributed by atoms with Gasteiger partial charge >= 0.3 is 0 Å². The maximum Gasteiger partial charge on any atom is 0.222 e. The van der Waals surface area contributed by atoms with Crippen molar-refractivity contribution in [2.75, 3.05) is 13.2 Å². The van der Waals surface area contributed by atoms with Gasteiger partial charge < -0.3 is 60.6 Å². The quantitative estimate of drug-likeness (QED) is 0.176. The molecule has 174 valence electrons.